The molecular formula is C18H27N3O4. The summed E-state index contributed by atoms with van der Waals surface area (Å²) < 4.78 is 17.4. The van der Waals surface area contributed by atoms with Crippen LogP contribution in [0.4, 0.5) is 10.5 Å². The number of methoxy groups -OCH3 is 3. The quantitative estimate of drug-likeness (QED) is 0.715. The van der Waals surface area contributed by atoms with Gasteiger partial charge in [-0.05, 0) is 6.07 Å². The number of hydrogen-bond donors (Lipinski definition) is 1. The highest BCUT2D eigenvalue weighted by molar-refractivity contribution is 6.01. The van der Waals surface area contributed by atoms with Gasteiger partial charge in [0, 0.05) is 52.5 Å². The molecule has 0 atom stereocenters. The number of hydrogen-bond acceptors (Lipinski definition) is 4. The molecule has 0 spiro atoms. The van der Waals surface area contributed by atoms with Crippen LogP contribution in [0.2, 0.25) is 0 Å². The van der Waals surface area contributed by atoms with E-state index < -0.39 is 0 Å². The predicted octanol–water partition coefficient (Wildman–Crippen LogP) is 2.41. The Balaban J connectivity index is 2.17. The molecule has 7 nitrogen and oxygen atoms in total. The van der Waals surface area contributed by atoms with Gasteiger partial charge < -0.3 is 29.0 Å². The molecule has 2 aromatic rings. The van der Waals surface area contributed by atoms with Crippen molar-refractivity contribution >= 4 is 22.6 Å². The fourth-order valence-electron chi connectivity index (χ4n) is 2.63. The lowest BCUT2D eigenvalue weighted by Gasteiger charge is -2.22. The van der Waals surface area contributed by atoms with E-state index >= 15 is 0 Å². The van der Waals surface area contributed by atoms with Gasteiger partial charge in [-0.15, -0.1) is 0 Å². The van der Waals surface area contributed by atoms with E-state index in [1.807, 2.05) is 30.5 Å². The molecule has 1 aromatic heterocycles. The number of anilines is 1. The molecule has 0 unspecified atom stereocenters. The highest BCUT2D eigenvalue weighted by Crippen LogP contribution is 2.26. The minimum atomic E-state index is -0.163. The number of ether oxygens (including phenoxy) is 3. The van der Waals surface area contributed by atoms with Gasteiger partial charge in [-0.1, -0.05) is 18.2 Å². The lowest BCUT2D eigenvalue weighted by Crippen LogP contribution is -2.39. The molecule has 0 aliphatic rings. The van der Waals surface area contributed by atoms with Crippen LogP contribution in [-0.4, -0.2) is 69.7 Å². The molecule has 1 N–H and O–H groups in total. The summed E-state index contributed by atoms with van der Waals surface area (Å²) in [6.07, 6.45) is 1.95. The van der Waals surface area contributed by atoms with Crippen LogP contribution in [0, 0.1) is 0 Å². The first-order valence-corrected chi connectivity index (χ1v) is 8.32. The Morgan fingerprint density at radius 1 is 1.04 bits per heavy atom. The third-order valence-electron chi connectivity index (χ3n) is 3.98. The topological polar surface area (TPSA) is 65.0 Å². The standard InChI is InChI=1S/C18H27N3O4/c1-23-11-8-20(9-12-24-2)18(22)19-16-14-21(10-13-25-3)17-7-5-4-6-15(16)17/h4-7,14H,8-13H2,1-3H3,(H,19,22). The minimum absolute atomic E-state index is 0.163. The third kappa shape index (κ3) is 5.19. The van der Waals surface area contributed by atoms with Crippen molar-refractivity contribution in [2.24, 2.45) is 0 Å². The summed E-state index contributed by atoms with van der Waals surface area (Å²) in [4.78, 5) is 14.3. The molecule has 0 radical (unpaired) electrons. The van der Waals surface area contributed by atoms with Crippen molar-refractivity contribution in [3.8, 4) is 0 Å². The molecule has 0 aliphatic carbocycles. The zero-order valence-electron chi connectivity index (χ0n) is 15.2. The van der Waals surface area contributed by atoms with E-state index in [0.29, 0.717) is 32.9 Å². The summed E-state index contributed by atoms with van der Waals surface area (Å²) in [5, 5.41) is 4.02. The summed E-state index contributed by atoms with van der Waals surface area (Å²) >= 11 is 0. The lowest BCUT2D eigenvalue weighted by atomic mass is 10.2. The van der Waals surface area contributed by atoms with E-state index in [9.17, 15) is 4.79 Å². The second-order valence-electron chi connectivity index (χ2n) is 5.65. The smallest absolute Gasteiger partial charge is 0.322 e. The largest absolute Gasteiger partial charge is 0.383 e. The van der Waals surface area contributed by atoms with E-state index in [2.05, 4.69) is 9.88 Å². The first kappa shape index (κ1) is 19.2. The maximum atomic E-state index is 12.7. The minimum Gasteiger partial charge on any atom is -0.383 e. The zero-order valence-corrected chi connectivity index (χ0v) is 15.2. The molecule has 138 valence electrons. The Hall–Kier alpha value is -2.09. The van der Waals surface area contributed by atoms with Crippen molar-refractivity contribution in [3.05, 3.63) is 30.5 Å². The maximum absolute atomic E-state index is 12.7. The van der Waals surface area contributed by atoms with E-state index in [0.717, 1.165) is 23.1 Å². The van der Waals surface area contributed by atoms with Crippen LogP contribution in [0.25, 0.3) is 10.9 Å². The molecule has 0 fully saturated rings. The van der Waals surface area contributed by atoms with Crippen molar-refractivity contribution in [1.82, 2.24) is 9.47 Å². The number of nitrogens with zero attached hydrogens (tertiary/aromatic N) is 2. The number of amides is 2. The molecule has 1 heterocycles. The summed E-state index contributed by atoms with van der Waals surface area (Å²) in [7, 11) is 4.92. The van der Waals surface area contributed by atoms with Crippen molar-refractivity contribution in [2.45, 2.75) is 6.54 Å². The van der Waals surface area contributed by atoms with Gasteiger partial charge in [-0.25, -0.2) is 4.79 Å². The predicted molar refractivity (Wildman–Crippen MR) is 98.2 cm³/mol. The van der Waals surface area contributed by atoms with Crippen LogP contribution in [0.5, 0.6) is 0 Å². The van der Waals surface area contributed by atoms with Crippen LogP contribution in [0.3, 0.4) is 0 Å². The second kappa shape index (κ2) is 10.0. The van der Waals surface area contributed by atoms with Gasteiger partial charge in [-0.3, -0.25) is 0 Å². The van der Waals surface area contributed by atoms with Gasteiger partial charge in [0.2, 0.25) is 0 Å². The van der Waals surface area contributed by atoms with Crippen molar-refractivity contribution < 1.29 is 19.0 Å². The Morgan fingerprint density at radius 3 is 2.32 bits per heavy atom. The summed E-state index contributed by atoms with van der Waals surface area (Å²) in [6.45, 7) is 3.31. The molecule has 7 heteroatoms. The van der Waals surface area contributed by atoms with Crippen molar-refractivity contribution in [1.29, 1.82) is 0 Å². The summed E-state index contributed by atoms with van der Waals surface area (Å²) in [6, 6.07) is 7.83. The normalized spacial score (nSPS) is 11.0. The zero-order chi connectivity index (χ0) is 18.1. The molecule has 25 heavy (non-hydrogen) atoms. The first-order valence-electron chi connectivity index (χ1n) is 8.32. The number of rotatable bonds is 10. The number of urea groups is 1. The Morgan fingerprint density at radius 2 is 1.68 bits per heavy atom. The Labute approximate surface area is 148 Å². The van der Waals surface area contributed by atoms with Crippen LogP contribution in [-0.2, 0) is 20.8 Å². The second-order valence-corrected chi connectivity index (χ2v) is 5.65. The van der Waals surface area contributed by atoms with Crippen molar-refractivity contribution in [2.75, 3.05) is 59.6 Å². The number of para-hydroxylation sites is 1. The fourth-order valence-corrected chi connectivity index (χ4v) is 2.63. The number of nitrogens with one attached hydrogen (secondary N) is 1. The Bertz CT molecular complexity index is 663. The molecule has 0 bridgehead atoms. The van der Waals surface area contributed by atoms with E-state index in [4.69, 9.17) is 14.2 Å². The SMILES string of the molecule is COCCN(CCOC)C(=O)Nc1cn(CCOC)c2ccccc12. The van der Waals surface area contributed by atoms with Crippen LogP contribution < -0.4 is 5.32 Å². The van der Waals surface area contributed by atoms with E-state index in [1.54, 1.807) is 26.2 Å². The van der Waals surface area contributed by atoms with Crippen molar-refractivity contribution in [3.63, 3.8) is 0 Å². The number of carbonyl (C=O) groups excluding carboxylic acids is 1. The van der Waals surface area contributed by atoms with Gasteiger partial charge in [0.05, 0.1) is 31.0 Å². The van der Waals surface area contributed by atoms with Crippen LogP contribution in [0.15, 0.2) is 30.5 Å². The summed E-state index contributed by atoms with van der Waals surface area (Å²) in [5.41, 5.74) is 1.85. The molecule has 2 amide bonds. The van der Waals surface area contributed by atoms with Gasteiger partial charge in [0.25, 0.3) is 0 Å². The average molecular weight is 349 g/mol. The monoisotopic (exact) mass is 349 g/mol. The maximum Gasteiger partial charge on any atom is 0.322 e. The molecule has 2 rings (SSSR count). The number of carbonyl (C=O) groups is 1. The molecule has 0 saturated heterocycles. The van der Waals surface area contributed by atoms with Crippen LogP contribution >= 0.6 is 0 Å². The fraction of sp³-hybridized carbons (Fsp3) is 0.500. The van der Waals surface area contributed by atoms with Crippen LogP contribution in [0.1, 0.15) is 0 Å². The molecule has 1 aromatic carbocycles. The number of fused-ring (bicyclic) bond motifs is 1. The van der Waals surface area contributed by atoms with Gasteiger partial charge in [0.1, 0.15) is 0 Å². The molecule has 0 saturated carbocycles. The molecule has 0 aliphatic heterocycles. The lowest BCUT2D eigenvalue weighted by molar-refractivity contribution is 0.127. The Kier molecular flexibility index (Phi) is 7.72. The summed E-state index contributed by atoms with van der Waals surface area (Å²) in [5.74, 6) is 0. The highest BCUT2D eigenvalue weighted by Gasteiger charge is 2.16. The third-order valence-corrected chi connectivity index (χ3v) is 3.98. The van der Waals surface area contributed by atoms with Gasteiger partial charge in [0.15, 0.2) is 0 Å². The average Bonchev–Trinajstić information content (AvgIpc) is 2.98. The van der Waals surface area contributed by atoms with Gasteiger partial charge in [-0.2, -0.15) is 0 Å². The number of aromatic nitrogens is 1. The molecular weight excluding hydrogens is 322 g/mol. The highest BCUT2D eigenvalue weighted by atomic mass is 16.5. The first-order chi connectivity index (χ1) is 12.2. The van der Waals surface area contributed by atoms with E-state index in [-0.39, 0.29) is 6.03 Å². The van der Waals surface area contributed by atoms with Gasteiger partial charge >= 0.3 is 6.03 Å². The van der Waals surface area contributed by atoms with E-state index in [1.165, 1.54) is 0 Å². The number of benzene rings is 1.